The van der Waals surface area contributed by atoms with Gasteiger partial charge >= 0.3 is 0 Å². The summed E-state index contributed by atoms with van der Waals surface area (Å²) in [5.41, 5.74) is 5.05. The molecule has 0 aliphatic heterocycles. The van der Waals surface area contributed by atoms with Gasteiger partial charge in [-0.05, 0) is 55.4 Å². The van der Waals surface area contributed by atoms with Crippen molar-refractivity contribution in [1.82, 2.24) is 0 Å². The van der Waals surface area contributed by atoms with Crippen molar-refractivity contribution in [2.75, 3.05) is 10.6 Å². The number of para-hydroxylation sites is 1. The summed E-state index contributed by atoms with van der Waals surface area (Å²) in [6, 6.07) is 13.6. The van der Waals surface area contributed by atoms with Crippen molar-refractivity contribution in [3.8, 4) is 0 Å². The van der Waals surface area contributed by atoms with Crippen molar-refractivity contribution in [3.63, 3.8) is 0 Å². The van der Waals surface area contributed by atoms with Gasteiger partial charge in [-0.3, -0.25) is 0 Å². The largest absolute Gasteiger partial charge is 0.392 e. The van der Waals surface area contributed by atoms with Crippen LogP contribution in [0.25, 0.3) is 0 Å². The summed E-state index contributed by atoms with van der Waals surface area (Å²) in [5.74, 6) is 0. The summed E-state index contributed by atoms with van der Waals surface area (Å²) in [5, 5.41) is 16.0. The average molecular weight is 286 g/mol. The fourth-order valence-electron chi connectivity index (χ4n) is 1.88. The number of benzene rings is 2. The van der Waals surface area contributed by atoms with E-state index in [4.69, 9.17) is 12.2 Å². The predicted molar refractivity (Wildman–Crippen MR) is 88.1 cm³/mol. The van der Waals surface area contributed by atoms with E-state index in [0.29, 0.717) is 5.11 Å². The highest BCUT2D eigenvalue weighted by Gasteiger charge is 2.04. The lowest BCUT2D eigenvalue weighted by Gasteiger charge is -2.14. The minimum Gasteiger partial charge on any atom is -0.392 e. The molecular weight excluding hydrogens is 268 g/mol. The van der Waals surface area contributed by atoms with Gasteiger partial charge in [0, 0.05) is 16.9 Å². The van der Waals surface area contributed by atoms with Crippen LogP contribution < -0.4 is 10.6 Å². The Hall–Kier alpha value is -1.91. The lowest BCUT2D eigenvalue weighted by molar-refractivity contribution is 0.282. The molecule has 0 amide bonds. The first-order chi connectivity index (χ1) is 9.60. The summed E-state index contributed by atoms with van der Waals surface area (Å²) in [6.45, 7) is 4.13. The highest BCUT2D eigenvalue weighted by molar-refractivity contribution is 7.80. The van der Waals surface area contributed by atoms with Crippen LogP contribution in [0.4, 0.5) is 11.4 Å². The lowest BCUT2D eigenvalue weighted by atomic mass is 10.1. The van der Waals surface area contributed by atoms with Crippen molar-refractivity contribution in [3.05, 3.63) is 59.2 Å². The maximum Gasteiger partial charge on any atom is 0.175 e. The Kier molecular flexibility index (Phi) is 4.71. The van der Waals surface area contributed by atoms with E-state index in [0.717, 1.165) is 16.9 Å². The van der Waals surface area contributed by atoms with Gasteiger partial charge in [0.1, 0.15) is 0 Å². The van der Waals surface area contributed by atoms with Gasteiger partial charge in [0.15, 0.2) is 5.11 Å². The van der Waals surface area contributed by atoms with E-state index in [1.54, 1.807) is 0 Å². The van der Waals surface area contributed by atoms with Gasteiger partial charge in [0.25, 0.3) is 0 Å². The minimum atomic E-state index is -0.0184. The van der Waals surface area contributed by atoms with Crippen LogP contribution in [0.2, 0.25) is 0 Å². The van der Waals surface area contributed by atoms with Crippen LogP contribution in [0.5, 0.6) is 0 Å². The maximum atomic E-state index is 9.28. The summed E-state index contributed by atoms with van der Waals surface area (Å²) >= 11 is 5.30. The fraction of sp³-hybridized carbons (Fsp3) is 0.188. The topological polar surface area (TPSA) is 44.3 Å². The molecule has 0 saturated carbocycles. The highest BCUT2D eigenvalue weighted by Crippen LogP contribution is 2.17. The molecule has 0 fully saturated rings. The third-order valence-electron chi connectivity index (χ3n) is 3.20. The second kappa shape index (κ2) is 6.50. The maximum absolute atomic E-state index is 9.28. The third-order valence-corrected chi connectivity index (χ3v) is 3.40. The van der Waals surface area contributed by atoms with Crippen LogP contribution in [0.15, 0.2) is 42.5 Å². The number of nitrogens with one attached hydrogen (secondary N) is 2. The molecule has 2 rings (SSSR count). The summed E-state index contributed by atoms with van der Waals surface area (Å²) in [6.07, 6.45) is 0. The van der Waals surface area contributed by atoms with Gasteiger partial charge in [0.05, 0.1) is 6.61 Å². The molecule has 2 aromatic rings. The number of hydrogen-bond donors (Lipinski definition) is 3. The van der Waals surface area contributed by atoms with E-state index in [2.05, 4.69) is 36.6 Å². The van der Waals surface area contributed by atoms with Crippen molar-refractivity contribution in [1.29, 1.82) is 0 Å². The Labute approximate surface area is 124 Å². The first-order valence-corrected chi connectivity index (χ1v) is 6.85. The quantitative estimate of drug-likeness (QED) is 0.754. The standard InChI is InChI=1S/C16H18N2OS/c1-11-7-8-14(9-12(11)2)17-16(20)18-15-6-4-3-5-13(15)10-19/h3-9,19H,10H2,1-2H3,(H2,17,18,20). The molecule has 0 saturated heterocycles. The van der Waals surface area contributed by atoms with E-state index in [1.165, 1.54) is 11.1 Å². The molecule has 0 spiro atoms. The highest BCUT2D eigenvalue weighted by atomic mass is 32.1. The summed E-state index contributed by atoms with van der Waals surface area (Å²) in [4.78, 5) is 0. The van der Waals surface area contributed by atoms with E-state index < -0.39 is 0 Å². The minimum absolute atomic E-state index is 0.0184. The molecule has 20 heavy (non-hydrogen) atoms. The van der Waals surface area contributed by atoms with Crippen LogP contribution in [-0.4, -0.2) is 10.2 Å². The van der Waals surface area contributed by atoms with E-state index >= 15 is 0 Å². The number of anilines is 2. The predicted octanol–water partition coefficient (Wildman–Crippen LogP) is 3.60. The number of aryl methyl sites for hydroxylation is 2. The molecule has 0 aromatic heterocycles. The second-order valence-corrected chi connectivity index (χ2v) is 5.10. The van der Waals surface area contributed by atoms with Gasteiger partial charge in [-0.15, -0.1) is 0 Å². The lowest BCUT2D eigenvalue weighted by Crippen LogP contribution is -2.20. The SMILES string of the molecule is Cc1ccc(NC(=S)Nc2ccccc2CO)cc1C. The Bertz CT molecular complexity index is 626. The zero-order chi connectivity index (χ0) is 14.5. The zero-order valence-corrected chi connectivity index (χ0v) is 12.4. The molecule has 0 heterocycles. The Morgan fingerprint density at radius 1 is 1.05 bits per heavy atom. The van der Waals surface area contributed by atoms with E-state index in [1.807, 2.05) is 30.3 Å². The average Bonchev–Trinajstić information content (AvgIpc) is 2.43. The summed E-state index contributed by atoms with van der Waals surface area (Å²) in [7, 11) is 0. The van der Waals surface area contributed by atoms with Gasteiger partial charge in [-0.1, -0.05) is 24.3 Å². The molecule has 3 N–H and O–H groups in total. The molecule has 0 radical (unpaired) electrons. The van der Waals surface area contributed by atoms with Crippen LogP contribution in [0.3, 0.4) is 0 Å². The van der Waals surface area contributed by atoms with Crippen molar-refractivity contribution in [2.24, 2.45) is 0 Å². The smallest absolute Gasteiger partial charge is 0.175 e. The third kappa shape index (κ3) is 3.56. The number of hydrogen-bond acceptors (Lipinski definition) is 2. The van der Waals surface area contributed by atoms with Crippen molar-refractivity contribution in [2.45, 2.75) is 20.5 Å². The molecule has 0 aliphatic carbocycles. The molecule has 0 unspecified atom stereocenters. The Morgan fingerprint density at radius 3 is 2.50 bits per heavy atom. The molecule has 3 nitrogen and oxygen atoms in total. The van der Waals surface area contributed by atoms with Gasteiger partial charge < -0.3 is 15.7 Å². The zero-order valence-electron chi connectivity index (χ0n) is 11.6. The Morgan fingerprint density at radius 2 is 1.80 bits per heavy atom. The fourth-order valence-corrected chi connectivity index (χ4v) is 2.11. The van der Waals surface area contributed by atoms with Crippen LogP contribution >= 0.6 is 12.2 Å². The van der Waals surface area contributed by atoms with Crippen molar-refractivity contribution < 1.29 is 5.11 Å². The summed E-state index contributed by atoms with van der Waals surface area (Å²) < 4.78 is 0. The second-order valence-electron chi connectivity index (χ2n) is 4.69. The monoisotopic (exact) mass is 286 g/mol. The number of rotatable bonds is 3. The molecule has 0 atom stereocenters. The van der Waals surface area contributed by atoms with Gasteiger partial charge in [-0.2, -0.15) is 0 Å². The number of thiocarbonyl (C=S) groups is 1. The van der Waals surface area contributed by atoms with Crippen LogP contribution in [-0.2, 0) is 6.61 Å². The van der Waals surface area contributed by atoms with Gasteiger partial charge in [0.2, 0.25) is 0 Å². The first kappa shape index (κ1) is 14.5. The normalized spacial score (nSPS) is 10.2. The molecule has 0 bridgehead atoms. The first-order valence-electron chi connectivity index (χ1n) is 6.44. The molecule has 0 aliphatic rings. The van der Waals surface area contributed by atoms with Crippen LogP contribution in [0.1, 0.15) is 16.7 Å². The number of aliphatic hydroxyl groups excluding tert-OH is 1. The molecule has 104 valence electrons. The van der Waals surface area contributed by atoms with Gasteiger partial charge in [-0.25, -0.2) is 0 Å². The van der Waals surface area contributed by atoms with Crippen molar-refractivity contribution >= 4 is 28.7 Å². The van der Waals surface area contributed by atoms with Crippen LogP contribution in [0, 0.1) is 13.8 Å². The molecular formula is C16H18N2OS. The van der Waals surface area contributed by atoms with E-state index in [-0.39, 0.29) is 6.61 Å². The molecule has 2 aromatic carbocycles. The number of aliphatic hydroxyl groups is 1. The van der Waals surface area contributed by atoms with E-state index in [9.17, 15) is 5.11 Å². The Balaban J connectivity index is 2.07. The molecule has 4 heteroatoms.